The summed E-state index contributed by atoms with van der Waals surface area (Å²) >= 11 is 1.59. The molecule has 100 valence electrons. The van der Waals surface area contributed by atoms with E-state index >= 15 is 0 Å². The molecule has 0 aliphatic heterocycles. The first-order valence-electron chi connectivity index (χ1n) is 6.22. The highest BCUT2D eigenvalue weighted by Crippen LogP contribution is 2.20. The molecule has 0 saturated carbocycles. The zero-order valence-electron chi connectivity index (χ0n) is 10.9. The Hall–Kier alpha value is -1.75. The quantitative estimate of drug-likeness (QED) is 0.648. The summed E-state index contributed by atoms with van der Waals surface area (Å²) in [4.78, 5) is 8.51. The van der Waals surface area contributed by atoms with E-state index in [4.69, 9.17) is 10.5 Å². The second-order valence-corrected chi connectivity index (χ2v) is 5.10. The topological polar surface area (TPSA) is 61.0 Å². The van der Waals surface area contributed by atoms with Crippen molar-refractivity contribution in [2.45, 2.75) is 25.1 Å². The Morgan fingerprint density at radius 2 is 2.00 bits per heavy atom. The second-order valence-electron chi connectivity index (χ2n) is 4.04. The molecule has 0 aliphatic carbocycles. The predicted octanol–water partition coefficient (Wildman–Crippen LogP) is 3.14. The number of anilines is 1. The fourth-order valence-corrected chi connectivity index (χ4v) is 2.20. The minimum absolute atomic E-state index is 0.441. The molecule has 2 N–H and O–H groups in total. The van der Waals surface area contributed by atoms with Gasteiger partial charge in [-0.15, -0.1) is 0 Å². The van der Waals surface area contributed by atoms with Crippen molar-refractivity contribution in [3.63, 3.8) is 0 Å². The summed E-state index contributed by atoms with van der Waals surface area (Å²) in [5.41, 5.74) is 6.86. The maximum atomic E-state index is 5.76. The zero-order chi connectivity index (χ0) is 13.5. The second kappa shape index (κ2) is 6.99. The maximum absolute atomic E-state index is 5.76. The summed E-state index contributed by atoms with van der Waals surface area (Å²) in [6.07, 6.45) is 1.07. The van der Waals surface area contributed by atoms with E-state index in [9.17, 15) is 0 Å². The van der Waals surface area contributed by atoms with Crippen molar-refractivity contribution in [1.29, 1.82) is 0 Å². The molecule has 4 nitrogen and oxygen atoms in total. The summed E-state index contributed by atoms with van der Waals surface area (Å²) in [5.74, 6) is 1.94. The molecule has 0 fully saturated rings. The zero-order valence-corrected chi connectivity index (χ0v) is 11.7. The van der Waals surface area contributed by atoms with Gasteiger partial charge in [-0.2, -0.15) is 4.98 Å². The molecule has 19 heavy (non-hydrogen) atoms. The molecular formula is C14H17N3OS. The van der Waals surface area contributed by atoms with E-state index in [0.29, 0.717) is 23.5 Å². The molecule has 0 aliphatic rings. The lowest BCUT2D eigenvalue weighted by atomic mass is 10.2. The summed E-state index contributed by atoms with van der Waals surface area (Å²) in [6, 6.07) is 11.6. The molecule has 0 bridgehead atoms. The number of rotatable bonds is 6. The van der Waals surface area contributed by atoms with Gasteiger partial charge in [0, 0.05) is 11.8 Å². The average Bonchev–Trinajstić information content (AvgIpc) is 2.43. The molecule has 5 heteroatoms. The van der Waals surface area contributed by atoms with Crippen molar-refractivity contribution in [2.24, 2.45) is 0 Å². The molecule has 0 unspecified atom stereocenters. The van der Waals surface area contributed by atoms with Crippen LogP contribution < -0.4 is 10.5 Å². The molecule has 0 saturated heterocycles. The van der Waals surface area contributed by atoms with E-state index in [1.54, 1.807) is 17.8 Å². The molecule has 0 radical (unpaired) electrons. The highest BCUT2D eigenvalue weighted by atomic mass is 32.2. The summed E-state index contributed by atoms with van der Waals surface area (Å²) < 4.78 is 5.65. The van der Waals surface area contributed by atoms with E-state index < -0.39 is 0 Å². The Bertz CT molecular complexity index is 519. The van der Waals surface area contributed by atoms with Gasteiger partial charge >= 0.3 is 0 Å². The molecule has 1 aromatic heterocycles. The van der Waals surface area contributed by atoms with Crippen molar-refractivity contribution in [3.8, 4) is 5.88 Å². The Morgan fingerprint density at radius 1 is 1.21 bits per heavy atom. The maximum Gasteiger partial charge on any atom is 0.219 e. The number of nitrogen functional groups attached to an aromatic ring is 1. The van der Waals surface area contributed by atoms with Gasteiger partial charge in [0.15, 0.2) is 5.16 Å². The Labute approximate surface area is 117 Å². The number of aromatic nitrogens is 2. The Morgan fingerprint density at radius 3 is 2.74 bits per heavy atom. The molecule has 0 spiro atoms. The van der Waals surface area contributed by atoms with Crippen molar-refractivity contribution in [3.05, 3.63) is 42.0 Å². The Balaban J connectivity index is 2.01. The normalized spacial score (nSPS) is 10.4. The van der Waals surface area contributed by atoms with Crippen molar-refractivity contribution in [2.75, 3.05) is 11.5 Å². The van der Waals surface area contributed by atoms with Gasteiger partial charge in [0.05, 0.1) is 0 Å². The van der Waals surface area contributed by atoms with Gasteiger partial charge in [-0.1, -0.05) is 49.0 Å². The van der Waals surface area contributed by atoms with Gasteiger partial charge in [0.25, 0.3) is 0 Å². The lowest BCUT2D eigenvalue weighted by Gasteiger charge is -2.07. The smallest absolute Gasteiger partial charge is 0.219 e. The summed E-state index contributed by atoms with van der Waals surface area (Å²) in [6.45, 7) is 2.60. The number of hydrogen-bond donors (Lipinski definition) is 1. The van der Waals surface area contributed by atoms with Crippen molar-refractivity contribution < 1.29 is 4.74 Å². The monoisotopic (exact) mass is 275 g/mol. The highest BCUT2D eigenvalue weighted by Gasteiger charge is 2.04. The first kappa shape index (κ1) is 13.7. The first-order valence-corrected chi connectivity index (χ1v) is 7.20. The van der Waals surface area contributed by atoms with Crippen LogP contribution in [0, 0.1) is 0 Å². The van der Waals surface area contributed by atoms with Crippen LogP contribution in [0.25, 0.3) is 0 Å². The SMILES string of the molecule is CCCSc1nc(N)cc(OCc2ccccc2)n1. The third kappa shape index (κ3) is 4.44. The molecule has 0 amide bonds. The van der Waals surface area contributed by atoms with E-state index in [-0.39, 0.29) is 0 Å². The molecule has 1 heterocycles. The minimum atomic E-state index is 0.441. The van der Waals surface area contributed by atoms with Gasteiger partial charge in [-0.05, 0) is 12.0 Å². The number of nitrogens with zero attached hydrogens (tertiary/aromatic N) is 2. The van der Waals surface area contributed by atoms with Crippen LogP contribution >= 0.6 is 11.8 Å². The van der Waals surface area contributed by atoms with Crippen LogP contribution in [0.4, 0.5) is 5.82 Å². The van der Waals surface area contributed by atoms with Crippen LogP contribution in [0.3, 0.4) is 0 Å². The number of nitrogens with two attached hydrogens (primary N) is 1. The van der Waals surface area contributed by atoms with E-state index in [1.807, 2.05) is 30.3 Å². The minimum Gasteiger partial charge on any atom is -0.473 e. The summed E-state index contributed by atoms with van der Waals surface area (Å²) in [7, 11) is 0. The van der Waals surface area contributed by atoms with Crippen molar-refractivity contribution in [1.82, 2.24) is 9.97 Å². The fraction of sp³-hybridized carbons (Fsp3) is 0.286. The van der Waals surface area contributed by atoms with Crippen LogP contribution in [0.15, 0.2) is 41.6 Å². The molecule has 1 aromatic carbocycles. The third-order valence-corrected chi connectivity index (χ3v) is 3.42. The molecule has 0 atom stereocenters. The first-order chi connectivity index (χ1) is 9.28. The lowest BCUT2D eigenvalue weighted by Crippen LogP contribution is -2.01. The Kier molecular flexibility index (Phi) is 5.03. The largest absolute Gasteiger partial charge is 0.473 e. The van der Waals surface area contributed by atoms with E-state index in [2.05, 4.69) is 16.9 Å². The van der Waals surface area contributed by atoms with E-state index in [0.717, 1.165) is 17.7 Å². The highest BCUT2D eigenvalue weighted by molar-refractivity contribution is 7.99. The number of ether oxygens (including phenoxy) is 1. The average molecular weight is 275 g/mol. The predicted molar refractivity (Wildman–Crippen MR) is 78.2 cm³/mol. The molecule has 2 rings (SSSR count). The van der Waals surface area contributed by atoms with Gasteiger partial charge in [0.2, 0.25) is 5.88 Å². The van der Waals surface area contributed by atoms with Crippen LogP contribution in [-0.2, 0) is 6.61 Å². The molecule has 2 aromatic rings. The summed E-state index contributed by atoms with van der Waals surface area (Å²) in [5, 5.41) is 0.671. The third-order valence-electron chi connectivity index (χ3n) is 2.37. The number of benzene rings is 1. The van der Waals surface area contributed by atoms with Gasteiger partial charge in [-0.25, -0.2) is 4.98 Å². The van der Waals surface area contributed by atoms with Gasteiger partial charge < -0.3 is 10.5 Å². The van der Waals surface area contributed by atoms with E-state index in [1.165, 1.54) is 0 Å². The van der Waals surface area contributed by atoms with Crippen molar-refractivity contribution >= 4 is 17.6 Å². The van der Waals surface area contributed by atoms with Crippen LogP contribution in [0.1, 0.15) is 18.9 Å². The lowest BCUT2D eigenvalue weighted by molar-refractivity contribution is 0.291. The van der Waals surface area contributed by atoms with Gasteiger partial charge in [-0.3, -0.25) is 0 Å². The fourth-order valence-electron chi connectivity index (χ4n) is 1.48. The molecular weight excluding hydrogens is 258 g/mol. The van der Waals surface area contributed by atoms with Crippen LogP contribution in [-0.4, -0.2) is 15.7 Å². The standard InChI is InChI=1S/C14H17N3OS/c1-2-8-19-14-16-12(15)9-13(17-14)18-10-11-6-4-3-5-7-11/h3-7,9H,2,8,10H2,1H3,(H2,15,16,17). The van der Waals surface area contributed by atoms with Gasteiger partial charge in [0.1, 0.15) is 12.4 Å². The van der Waals surface area contributed by atoms with Crippen LogP contribution in [0.2, 0.25) is 0 Å². The number of thioether (sulfide) groups is 1. The number of hydrogen-bond acceptors (Lipinski definition) is 5. The van der Waals surface area contributed by atoms with Crippen LogP contribution in [0.5, 0.6) is 5.88 Å².